The van der Waals surface area contributed by atoms with Gasteiger partial charge in [-0.1, -0.05) is 29.1 Å². The highest BCUT2D eigenvalue weighted by molar-refractivity contribution is 7.91. The van der Waals surface area contributed by atoms with E-state index in [0.29, 0.717) is 10.9 Å². The molecule has 0 saturated carbocycles. The Balaban J connectivity index is 2.50. The zero-order valence-corrected chi connectivity index (χ0v) is 9.68. The molecule has 0 atom stereocenters. The summed E-state index contributed by atoms with van der Waals surface area (Å²) in [6.07, 6.45) is 1.31. The predicted molar refractivity (Wildman–Crippen MR) is 66.9 cm³/mol. The topological polar surface area (TPSA) is 47.0 Å². The minimum atomic E-state index is -3.59. The monoisotopic (exact) mass is 239 g/mol. The zero-order chi connectivity index (χ0) is 12.5. The molecule has 0 amide bonds. The minimum absolute atomic E-state index is 0.0310. The van der Waals surface area contributed by atoms with E-state index in [2.05, 4.69) is 4.98 Å². The molecule has 1 heterocycles. The summed E-state index contributed by atoms with van der Waals surface area (Å²) in [5.74, 6) is 0. The summed E-state index contributed by atoms with van der Waals surface area (Å²) in [6, 6.07) is 8.83. The molecule has 0 aliphatic rings. The first-order valence-corrected chi connectivity index (χ1v) is 6.30. The highest BCUT2D eigenvalue weighted by Gasteiger charge is 2.18. The molecule has 0 aliphatic carbocycles. The summed E-state index contributed by atoms with van der Waals surface area (Å²) in [5, 5.41) is -0.0310. The average molecular weight is 239 g/mol. The largest absolute Gasteiger partial charge is 0.245 e. The van der Waals surface area contributed by atoms with Gasteiger partial charge in [0.1, 0.15) is 15.7 Å². The van der Waals surface area contributed by atoms with Crippen LogP contribution in [-0.2, 0) is 9.84 Å². The summed E-state index contributed by atoms with van der Waals surface area (Å²) in [6.45, 7) is 0. The lowest BCUT2D eigenvalue weighted by molar-refractivity contribution is 0.592. The minimum Gasteiger partial charge on any atom is -0.245 e. The standard InChI is InChI=1S/C11H7B2NO2S/c12-8-1-4-10(5-2-8)17(15,16)11-6-3-9(13)7-14-11/h1-7H. The zero-order valence-electron chi connectivity index (χ0n) is 8.87. The highest BCUT2D eigenvalue weighted by Crippen LogP contribution is 2.16. The van der Waals surface area contributed by atoms with Gasteiger partial charge < -0.3 is 0 Å². The molecule has 0 fully saturated rings. The molecule has 6 heteroatoms. The molecule has 2 aromatic rings. The van der Waals surface area contributed by atoms with Crippen LogP contribution in [0.1, 0.15) is 0 Å². The number of aromatic nitrogens is 1. The van der Waals surface area contributed by atoms with Gasteiger partial charge in [-0.25, -0.2) is 13.4 Å². The van der Waals surface area contributed by atoms with E-state index in [1.807, 2.05) is 0 Å². The van der Waals surface area contributed by atoms with Gasteiger partial charge >= 0.3 is 0 Å². The van der Waals surface area contributed by atoms with E-state index in [9.17, 15) is 8.42 Å². The second kappa shape index (κ2) is 4.37. The van der Waals surface area contributed by atoms with Crippen LogP contribution in [0.5, 0.6) is 0 Å². The number of hydrogen-bond donors (Lipinski definition) is 0. The van der Waals surface area contributed by atoms with E-state index < -0.39 is 9.84 Å². The van der Waals surface area contributed by atoms with Gasteiger partial charge in [-0.3, -0.25) is 0 Å². The number of benzene rings is 1. The van der Waals surface area contributed by atoms with Crippen LogP contribution in [0.15, 0.2) is 52.5 Å². The van der Waals surface area contributed by atoms with Gasteiger partial charge in [-0.2, -0.15) is 0 Å². The molecule has 4 radical (unpaired) electrons. The van der Waals surface area contributed by atoms with Gasteiger partial charge in [0.2, 0.25) is 9.84 Å². The number of pyridine rings is 1. The van der Waals surface area contributed by atoms with Crippen molar-refractivity contribution in [1.82, 2.24) is 4.98 Å². The molecule has 0 spiro atoms. The molecule has 1 aromatic carbocycles. The van der Waals surface area contributed by atoms with Crippen LogP contribution in [0.3, 0.4) is 0 Å². The maximum Gasteiger partial charge on any atom is 0.223 e. The fraction of sp³-hybridized carbons (Fsp3) is 0. The van der Waals surface area contributed by atoms with Crippen LogP contribution in [0.25, 0.3) is 0 Å². The Bertz CT molecular complexity index is 570. The molecule has 0 saturated heterocycles. The lowest BCUT2D eigenvalue weighted by Gasteiger charge is -2.04. The van der Waals surface area contributed by atoms with Crippen molar-refractivity contribution in [1.29, 1.82) is 0 Å². The van der Waals surface area contributed by atoms with Crippen LogP contribution in [-0.4, -0.2) is 29.1 Å². The SMILES string of the molecule is [B]c1ccc(S(=O)(=O)c2ccc([B])cn2)cc1. The van der Waals surface area contributed by atoms with Crippen molar-refractivity contribution in [2.45, 2.75) is 9.92 Å². The Morgan fingerprint density at radius 3 is 2.00 bits per heavy atom. The van der Waals surface area contributed by atoms with E-state index in [1.165, 1.54) is 42.6 Å². The first-order valence-electron chi connectivity index (χ1n) is 4.82. The van der Waals surface area contributed by atoms with Crippen molar-refractivity contribution in [2.24, 2.45) is 0 Å². The fourth-order valence-corrected chi connectivity index (χ4v) is 2.49. The van der Waals surface area contributed by atoms with Crippen molar-refractivity contribution in [2.75, 3.05) is 0 Å². The number of nitrogens with zero attached hydrogens (tertiary/aromatic N) is 1. The van der Waals surface area contributed by atoms with Crippen molar-refractivity contribution in [3.63, 3.8) is 0 Å². The third kappa shape index (κ3) is 2.42. The van der Waals surface area contributed by atoms with Crippen LogP contribution in [0, 0.1) is 0 Å². The lowest BCUT2D eigenvalue weighted by Crippen LogP contribution is -2.10. The van der Waals surface area contributed by atoms with Gasteiger partial charge in [0.15, 0.2) is 5.03 Å². The number of hydrogen-bond acceptors (Lipinski definition) is 3. The molecule has 80 valence electrons. The van der Waals surface area contributed by atoms with Crippen LogP contribution in [0.4, 0.5) is 0 Å². The Kier molecular flexibility index (Phi) is 3.07. The Morgan fingerprint density at radius 2 is 1.47 bits per heavy atom. The molecular formula is C11H7B2NO2S. The summed E-state index contributed by atoms with van der Waals surface area (Å²) in [4.78, 5) is 3.96. The van der Waals surface area contributed by atoms with Crippen molar-refractivity contribution < 1.29 is 8.42 Å². The third-order valence-corrected chi connectivity index (χ3v) is 3.91. The summed E-state index contributed by atoms with van der Waals surface area (Å²) < 4.78 is 24.2. The maximum atomic E-state index is 12.1. The first-order chi connectivity index (χ1) is 8.00. The smallest absolute Gasteiger partial charge is 0.223 e. The third-order valence-electron chi connectivity index (χ3n) is 2.22. The summed E-state index contributed by atoms with van der Waals surface area (Å²) in [5.41, 5.74) is 0.926. The van der Waals surface area contributed by atoms with E-state index in [-0.39, 0.29) is 9.92 Å². The van der Waals surface area contributed by atoms with Crippen LogP contribution >= 0.6 is 0 Å². The average Bonchev–Trinajstić information content (AvgIpc) is 2.30. The van der Waals surface area contributed by atoms with E-state index in [4.69, 9.17) is 15.7 Å². The summed E-state index contributed by atoms with van der Waals surface area (Å²) in [7, 11) is 7.36. The lowest BCUT2D eigenvalue weighted by atomic mass is 9.97. The van der Waals surface area contributed by atoms with Crippen molar-refractivity contribution in [3.05, 3.63) is 42.6 Å². The summed E-state index contributed by atoms with van der Waals surface area (Å²) >= 11 is 0. The molecular weight excluding hydrogens is 232 g/mol. The van der Waals surface area contributed by atoms with Crippen molar-refractivity contribution >= 4 is 36.5 Å². The van der Waals surface area contributed by atoms with Crippen LogP contribution < -0.4 is 10.9 Å². The second-order valence-electron chi connectivity index (χ2n) is 3.50. The van der Waals surface area contributed by atoms with Crippen LogP contribution in [0.2, 0.25) is 0 Å². The van der Waals surface area contributed by atoms with E-state index in [0.717, 1.165) is 0 Å². The quantitative estimate of drug-likeness (QED) is 0.663. The first kappa shape index (κ1) is 11.9. The second-order valence-corrected chi connectivity index (χ2v) is 5.40. The molecule has 1 aromatic heterocycles. The Hall–Kier alpha value is -1.55. The van der Waals surface area contributed by atoms with Gasteiger partial charge in [0.25, 0.3) is 0 Å². The van der Waals surface area contributed by atoms with Gasteiger partial charge in [0.05, 0.1) is 4.90 Å². The van der Waals surface area contributed by atoms with Crippen molar-refractivity contribution in [3.8, 4) is 0 Å². The van der Waals surface area contributed by atoms with Gasteiger partial charge in [-0.15, -0.1) is 0 Å². The number of sulfone groups is 1. The molecule has 2 rings (SSSR count). The predicted octanol–water partition coefficient (Wildman–Crippen LogP) is -0.498. The van der Waals surface area contributed by atoms with Gasteiger partial charge in [-0.05, 0) is 18.2 Å². The van der Waals surface area contributed by atoms with Gasteiger partial charge in [0, 0.05) is 6.20 Å². The molecule has 0 unspecified atom stereocenters. The highest BCUT2D eigenvalue weighted by atomic mass is 32.2. The Morgan fingerprint density at radius 1 is 0.882 bits per heavy atom. The maximum absolute atomic E-state index is 12.1. The molecule has 17 heavy (non-hydrogen) atoms. The molecule has 0 aliphatic heterocycles. The molecule has 0 bridgehead atoms. The fourth-order valence-electron chi connectivity index (χ4n) is 1.32. The molecule has 0 N–H and O–H groups in total. The Labute approximate surface area is 103 Å². The molecule has 3 nitrogen and oxygen atoms in total. The normalized spacial score (nSPS) is 11.3. The van der Waals surface area contributed by atoms with E-state index in [1.54, 1.807) is 0 Å². The number of rotatable bonds is 2. The van der Waals surface area contributed by atoms with E-state index >= 15 is 0 Å².